The maximum absolute atomic E-state index is 13.4. The van der Waals surface area contributed by atoms with Gasteiger partial charge in [-0.25, -0.2) is 4.57 Å². The van der Waals surface area contributed by atoms with E-state index >= 15 is 0 Å². The van der Waals surface area contributed by atoms with E-state index in [1.165, 1.54) is 11.8 Å². The van der Waals surface area contributed by atoms with Crippen LogP contribution in [-0.2, 0) is 4.79 Å². The number of nitrogens with one attached hydrogen (secondary N) is 1. The van der Waals surface area contributed by atoms with E-state index in [4.69, 9.17) is 11.6 Å². The van der Waals surface area contributed by atoms with Crippen molar-refractivity contribution in [2.75, 3.05) is 11.1 Å². The van der Waals surface area contributed by atoms with Crippen LogP contribution in [0.5, 0.6) is 0 Å². The van der Waals surface area contributed by atoms with Crippen LogP contribution in [0.25, 0.3) is 22.4 Å². The number of rotatable bonds is 5. The summed E-state index contributed by atoms with van der Waals surface area (Å²) < 4.78 is 3.37. The van der Waals surface area contributed by atoms with E-state index in [0.717, 1.165) is 11.1 Å². The van der Waals surface area contributed by atoms with Gasteiger partial charge in [0.25, 0.3) is 5.56 Å². The van der Waals surface area contributed by atoms with Gasteiger partial charge in [0, 0.05) is 10.7 Å². The number of hydrogen-bond donors (Lipinski definition) is 1. The second-order valence-electron chi connectivity index (χ2n) is 7.91. The van der Waals surface area contributed by atoms with Crippen LogP contribution in [0.15, 0.2) is 76.7 Å². The standard InChI is InChI=1S/C25H20ClN5O2S/c1-15-7-11-18(12-8-15)30-23(33)19-5-3-4-6-21(19)31-24(30)28-29-25(31)34-14-22(32)27-17-10-9-16(2)20(26)13-17/h3-13H,14H2,1-2H3,(H,27,32). The molecule has 2 aromatic heterocycles. The first-order valence-electron chi connectivity index (χ1n) is 10.6. The van der Waals surface area contributed by atoms with Gasteiger partial charge in [0.05, 0.1) is 22.3 Å². The fraction of sp³-hybridized carbons (Fsp3) is 0.120. The van der Waals surface area contributed by atoms with E-state index in [0.29, 0.717) is 38.2 Å². The summed E-state index contributed by atoms with van der Waals surface area (Å²) in [6.07, 6.45) is 0. The van der Waals surface area contributed by atoms with E-state index in [2.05, 4.69) is 15.5 Å². The molecule has 34 heavy (non-hydrogen) atoms. The van der Waals surface area contributed by atoms with Crippen LogP contribution in [0.3, 0.4) is 0 Å². The number of carbonyl (C=O) groups is 1. The van der Waals surface area contributed by atoms with Crippen molar-refractivity contribution in [2.45, 2.75) is 19.0 Å². The van der Waals surface area contributed by atoms with Gasteiger partial charge in [-0.3, -0.25) is 14.0 Å². The number of aromatic nitrogens is 4. The quantitative estimate of drug-likeness (QED) is 0.350. The zero-order valence-electron chi connectivity index (χ0n) is 18.4. The molecule has 7 nitrogen and oxygen atoms in total. The molecular formula is C25H20ClN5O2S. The number of halogens is 1. The highest BCUT2D eigenvalue weighted by Crippen LogP contribution is 2.24. The zero-order chi connectivity index (χ0) is 23.8. The second kappa shape index (κ2) is 8.96. The van der Waals surface area contributed by atoms with E-state index in [1.807, 2.05) is 72.8 Å². The summed E-state index contributed by atoms with van der Waals surface area (Å²) in [5.74, 6) is 0.309. The van der Waals surface area contributed by atoms with Crippen LogP contribution >= 0.6 is 23.4 Å². The molecule has 5 aromatic rings. The maximum atomic E-state index is 13.4. The molecule has 170 valence electrons. The number of aryl methyl sites for hydroxylation is 2. The number of carbonyl (C=O) groups excluding carboxylic acids is 1. The van der Waals surface area contributed by atoms with E-state index < -0.39 is 0 Å². The Bertz CT molecular complexity index is 1610. The minimum absolute atomic E-state index is 0.115. The van der Waals surface area contributed by atoms with Gasteiger partial charge < -0.3 is 5.32 Å². The number of thioether (sulfide) groups is 1. The van der Waals surface area contributed by atoms with Gasteiger partial charge in [0.15, 0.2) is 5.16 Å². The molecule has 3 aromatic carbocycles. The number of nitrogens with zero attached hydrogens (tertiary/aromatic N) is 4. The Kier molecular flexibility index (Phi) is 5.85. The van der Waals surface area contributed by atoms with Crippen LogP contribution in [0.1, 0.15) is 11.1 Å². The number of fused-ring (bicyclic) bond motifs is 3. The van der Waals surface area contributed by atoms with Crippen molar-refractivity contribution in [2.24, 2.45) is 0 Å². The van der Waals surface area contributed by atoms with Crippen LogP contribution in [0.2, 0.25) is 5.02 Å². The molecule has 2 heterocycles. The molecular weight excluding hydrogens is 470 g/mol. The summed E-state index contributed by atoms with van der Waals surface area (Å²) in [5, 5.41) is 13.1. The Morgan fingerprint density at radius 3 is 2.56 bits per heavy atom. The molecule has 0 atom stereocenters. The Hall–Kier alpha value is -3.62. The molecule has 0 aliphatic carbocycles. The molecule has 0 fully saturated rings. The van der Waals surface area contributed by atoms with Gasteiger partial charge in [-0.1, -0.05) is 59.3 Å². The first-order chi connectivity index (χ1) is 16.4. The zero-order valence-corrected chi connectivity index (χ0v) is 20.0. The van der Waals surface area contributed by atoms with Crippen molar-refractivity contribution in [3.8, 4) is 5.69 Å². The van der Waals surface area contributed by atoms with E-state index in [-0.39, 0.29) is 17.2 Å². The topological polar surface area (TPSA) is 81.3 Å². The fourth-order valence-electron chi connectivity index (χ4n) is 3.70. The summed E-state index contributed by atoms with van der Waals surface area (Å²) in [6, 6.07) is 20.4. The summed E-state index contributed by atoms with van der Waals surface area (Å²) in [5.41, 5.74) is 3.87. The second-order valence-corrected chi connectivity index (χ2v) is 9.26. The molecule has 0 bridgehead atoms. The molecule has 1 amide bonds. The Morgan fingerprint density at radius 2 is 1.79 bits per heavy atom. The number of benzene rings is 3. The minimum atomic E-state index is -0.196. The lowest BCUT2D eigenvalue weighted by Gasteiger charge is -2.11. The summed E-state index contributed by atoms with van der Waals surface area (Å²) >= 11 is 7.40. The summed E-state index contributed by atoms with van der Waals surface area (Å²) in [6.45, 7) is 3.89. The summed E-state index contributed by atoms with van der Waals surface area (Å²) in [4.78, 5) is 25.9. The summed E-state index contributed by atoms with van der Waals surface area (Å²) in [7, 11) is 0. The van der Waals surface area contributed by atoms with E-state index in [1.54, 1.807) is 16.7 Å². The van der Waals surface area contributed by atoms with Gasteiger partial charge in [0.2, 0.25) is 11.7 Å². The normalized spacial score (nSPS) is 11.3. The fourth-order valence-corrected chi connectivity index (χ4v) is 4.62. The number of amides is 1. The lowest BCUT2D eigenvalue weighted by Crippen LogP contribution is -2.22. The number of hydrogen-bond acceptors (Lipinski definition) is 5. The highest BCUT2D eigenvalue weighted by atomic mass is 35.5. The molecule has 0 radical (unpaired) electrons. The van der Waals surface area contributed by atoms with Crippen molar-refractivity contribution in [3.05, 3.63) is 93.2 Å². The van der Waals surface area contributed by atoms with Crippen molar-refractivity contribution in [1.82, 2.24) is 19.2 Å². The van der Waals surface area contributed by atoms with Crippen molar-refractivity contribution in [1.29, 1.82) is 0 Å². The van der Waals surface area contributed by atoms with Gasteiger partial charge in [0.1, 0.15) is 0 Å². The third kappa shape index (κ3) is 4.06. The molecule has 5 rings (SSSR count). The molecule has 0 saturated carbocycles. The smallest absolute Gasteiger partial charge is 0.267 e. The monoisotopic (exact) mass is 489 g/mol. The molecule has 0 saturated heterocycles. The van der Waals surface area contributed by atoms with E-state index in [9.17, 15) is 9.59 Å². The molecule has 0 aliphatic heterocycles. The van der Waals surface area contributed by atoms with Crippen molar-refractivity contribution >= 4 is 51.6 Å². The Balaban J connectivity index is 1.52. The molecule has 0 unspecified atom stereocenters. The molecule has 9 heteroatoms. The molecule has 0 spiro atoms. The van der Waals surface area contributed by atoms with Crippen molar-refractivity contribution in [3.63, 3.8) is 0 Å². The minimum Gasteiger partial charge on any atom is -0.325 e. The average molecular weight is 490 g/mol. The van der Waals surface area contributed by atoms with Crippen LogP contribution in [0.4, 0.5) is 5.69 Å². The third-order valence-corrected chi connectivity index (χ3v) is 6.81. The van der Waals surface area contributed by atoms with Crippen molar-refractivity contribution < 1.29 is 4.79 Å². The average Bonchev–Trinajstić information content (AvgIpc) is 3.25. The first-order valence-corrected chi connectivity index (χ1v) is 11.9. The predicted molar refractivity (Wildman–Crippen MR) is 136 cm³/mol. The SMILES string of the molecule is Cc1ccc(-n2c(=O)c3ccccc3n3c(SCC(=O)Nc4ccc(C)c(Cl)c4)nnc23)cc1. The Labute approximate surface area is 204 Å². The number of anilines is 1. The Morgan fingerprint density at radius 1 is 1.03 bits per heavy atom. The number of para-hydroxylation sites is 1. The third-order valence-electron chi connectivity index (χ3n) is 5.47. The van der Waals surface area contributed by atoms with Gasteiger partial charge >= 0.3 is 0 Å². The van der Waals surface area contributed by atoms with Gasteiger partial charge in [-0.05, 0) is 55.8 Å². The van der Waals surface area contributed by atoms with Crippen LogP contribution in [0, 0.1) is 13.8 Å². The largest absolute Gasteiger partial charge is 0.325 e. The maximum Gasteiger partial charge on any atom is 0.267 e. The van der Waals surface area contributed by atoms with Gasteiger partial charge in [-0.15, -0.1) is 10.2 Å². The predicted octanol–water partition coefficient (Wildman–Crippen LogP) is 5.03. The lowest BCUT2D eigenvalue weighted by atomic mass is 10.2. The van der Waals surface area contributed by atoms with Crippen LogP contribution < -0.4 is 10.9 Å². The first kappa shape index (κ1) is 22.2. The lowest BCUT2D eigenvalue weighted by molar-refractivity contribution is -0.113. The molecule has 1 N–H and O–H groups in total. The highest BCUT2D eigenvalue weighted by Gasteiger charge is 2.18. The highest BCUT2D eigenvalue weighted by molar-refractivity contribution is 7.99. The van der Waals surface area contributed by atoms with Crippen LogP contribution in [-0.4, -0.2) is 30.8 Å². The van der Waals surface area contributed by atoms with Gasteiger partial charge in [-0.2, -0.15) is 0 Å². The molecule has 0 aliphatic rings.